The van der Waals surface area contributed by atoms with Crippen LogP contribution in [0.25, 0.3) is 0 Å². The van der Waals surface area contributed by atoms with Crippen molar-refractivity contribution in [3.63, 3.8) is 0 Å². The van der Waals surface area contributed by atoms with Crippen LogP contribution in [0.4, 0.5) is 9.18 Å². The molecule has 138 valence electrons. The number of hydroxylamine groups is 3. The first-order valence-electron chi connectivity index (χ1n) is 8.64. The number of hydrogen-bond acceptors (Lipinski definition) is 4. The number of ether oxygens (including phenoxy) is 1. The Bertz CT molecular complexity index is 636. The van der Waals surface area contributed by atoms with Crippen LogP contribution in [-0.4, -0.2) is 54.5 Å². The van der Waals surface area contributed by atoms with Gasteiger partial charge in [-0.3, -0.25) is 0 Å². The number of urea groups is 1. The maximum Gasteiger partial charge on any atom is 0.315 e. The van der Waals surface area contributed by atoms with E-state index in [2.05, 4.69) is 0 Å². The Morgan fingerprint density at radius 2 is 2.12 bits per heavy atom. The van der Waals surface area contributed by atoms with E-state index in [1.807, 2.05) is 0 Å². The van der Waals surface area contributed by atoms with Crippen molar-refractivity contribution in [2.45, 2.75) is 31.5 Å². The Hall–Kier alpha value is -1.74. The molecule has 8 heteroatoms. The number of piperidine rings is 1. The molecule has 0 radical (unpaired) electrons. The number of quaternary nitrogens is 1. The highest BCUT2D eigenvalue weighted by Crippen LogP contribution is 2.37. The molecule has 7 nitrogen and oxygen atoms in total. The van der Waals surface area contributed by atoms with E-state index in [4.69, 9.17) is 16.2 Å². The smallest absolute Gasteiger partial charge is 0.315 e. The van der Waals surface area contributed by atoms with Gasteiger partial charge in [0.25, 0.3) is 0 Å². The first-order chi connectivity index (χ1) is 11.9. The highest BCUT2D eigenvalue weighted by molar-refractivity contribution is 5.73. The second kappa shape index (κ2) is 7.25. The number of nitrogens with two attached hydrogens (primary N) is 2. The Morgan fingerprint density at radius 1 is 1.40 bits per heavy atom. The largest absolute Gasteiger partial charge is 0.632 e. The molecular formula is C17H25FN4O3. The maximum absolute atomic E-state index is 13.6. The molecule has 25 heavy (non-hydrogen) atoms. The van der Waals surface area contributed by atoms with Gasteiger partial charge in [0.15, 0.2) is 0 Å². The van der Waals surface area contributed by atoms with Crippen LogP contribution < -0.4 is 11.5 Å². The monoisotopic (exact) mass is 352 g/mol. The molecule has 0 bridgehead atoms. The summed E-state index contributed by atoms with van der Waals surface area (Å²) in [4.78, 5) is 13.5. The molecule has 0 spiro atoms. The van der Waals surface area contributed by atoms with Crippen molar-refractivity contribution < 1.29 is 18.6 Å². The molecular weight excluding hydrogens is 327 g/mol. The Morgan fingerprint density at radius 3 is 2.76 bits per heavy atom. The van der Waals surface area contributed by atoms with Crippen molar-refractivity contribution in [3.05, 3.63) is 40.4 Å². The Kier molecular flexibility index (Phi) is 5.24. The lowest BCUT2D eigenvalue weighted by atomic mass is 9.88. The zero-order chi connectivity index (χ0) is 18.0. The minimum atomic E-state index is -0.532. The second-order valence-corrected chi connectivity index (χ2v) is 6.78. The van der Waals surface area contributed by atoms with Crippen molar-refractivity contribution in [1.82, 2.24) is 4.90 Å². The van der Waals surface area contributed by atoms with Crippen LogP contribution in [0, 0.1) is 11.0 Å². The van der Waals surface area contributed by atoms with Crippen molar-refractivity contribution in [2.75, 3.05) is 32.8 Å². The van der Waals surface area contributed by atoms with Gasteiger partial charge in [0.1, 0.15) is 18.9 Å². The lowest BCUT2D eigenvalue weighted by Crippen LogP contribution is -2.60. The Balaban J connectivity index is 1.91. The van der Waals surface area contributed by atoms with Gasteiger partial charge >= 0.3 is 6.03 Å². The highest BCUT2D eigenvalue weighted by Gasteiger charge is 2.40. The predicted molar refractivity (Wildman–Crippen MR) is 90.5 cm³/mol. The highest BCUT2D eigenvalue weighted by atomic mass is 19.1. The number of rotatable bonds is 3. The zero-order valence-electron chi connectivity index (χ0n) is 14.2. The van der Waals surface area contributed by atoms with Crippen LogP contribution in [-0.2, 0) is 11.3 Å². The van der Waals surface area contributed by atoms with Crippen LogP contribution in [0.1, 0.15) is 30.0 Å². The van der Waals surface area contributed by atoms with E-state index in [0.717, 1.165) is 5.56 Å². The fraction of sp³-hybridized carbons (Fsp3) is 0.588. The van der Waals surface area contributed by atoms with Crippen LogP contribution >= 0.6 is 0 Å². The van der Waals surface area contributed by atoms with Crippen LogP contribution in [0.5, 0.6) is 0 Å². The number of primary amides is 1. The zero-order valence-corrected chi connectivity index (χ0v) is 14.2. The van der Waals surface area contributed by atoms with Crippen molar-refractivity contribution >= 4 is 6.03 Å². The van der Waals surface area contributed by atoms with Crippen molar-refractivity contribution in [2.24, 2.45) is 11.5 Å². The SMILES string of the molecule is NCc1cc(F)ccc1C1CC([N+]2([O-])CCOCC2)CCN1C(N)=O. The van der Waals surface area contributed by atoms with Gasteiger partial charge in [0.05, 0.1) is 25.3 Å². The fourth-order valence-electron chi connectivity index (χ4n) is 4.03. The molecule has 2 amide bonds. The van der Waals surface area contributed by atoms with Gasteiger partial charge in [-0.2, -0.15) is 0 Å². The number of benzene rings is 1. The molecule has 4 N–H and O–H groups in total. The molecule has 2 saturated heterocycles. The summed E-state index contributed by atoms with van der Waals surface area (Å²) in [5.41, 5.74) is 12.7. The lowest BCUT2D eigenvalue weighted by molar-refractivity contribution is -0.914. The summed E-state index contributed by atoms with van der Waals surface area (Å²) in [5.74, 6) is -0.373. The van der Waals surface area contributed by atoms with Crippen molar-refractivity contribution in [3.8, 4) is 0 Å². The predicted octanol–water partition coefficient (Wildman–Crippen LogP) is 1.21. The van der Waals surface area contributed by atoms with Crippen LogP contribution in [0.15, 0.2) is 18.2 Å². The molecule has 2 unspecified atom stereocenters. The molecule has 0 aromatic heterocycles. The first kappa shape index (κ1) is 18.1. The van der Waals surface area contributed by atoms with Gasteiger partial charge in [-0.05, 0) is 23.3 Å². The number of carbonyl (C=O) groups is 1. The molecule has 1 aromatic carbocycles. The average molecular weight is 352 g/mol. The number of amides is 2. The summed E-state index contributed by atoms with van der Waals surface area (Å²) in [6.07, 6.45) is 1.09. The van der Waals surface area contributed by atoms with E-state index in [1.54, 1.807) is 11.0 Å². The summed E-state index contributed by atoms with van der Waals surface area (Å²) in [6.45, 7) is 2.31. The molecule has 2 aliphatic rings. The van der Waals surface area contributed by atoms with E-state index in [-0.39, 0.29) is 29.1 Å². The number of carbonyl (C=O) groups excluding carboxylic acids is 1. The number of nitrogens with zero attached hydrogens (tertiary/aromatic N) is 2. The Labute approximate surface area is 146 Å². The average Bonchev–Trinajstić information content (AvgIpc) is 2.61. The van der Waals surface area contributed by atoms with E-state index in [0.29, 0.717) is 51.3 Å². The van der Waals surface area contributed by atoms with E-state index in [1.165, 1.54) is 12.1 Å². The summed E-state index contributed by atoms with van der Waals surface area (Å²) in [7, 11) is 0. The molecule has 0 saturated carbocycles. The third-order valence-corrected chi connectivity index (χ3v) is 5.44. The third kappa shape index (κ3) is 3.62. The molecule has 3 rings (SSSR count). The van der Waals surface area contributed by atoms with Crippen LogP contribution in [0.2, 0.25) is 0 Å². The summed E-state index contributed by atoms with van der Waals surface area (Å²) >= 11 is 0. The van der Waals surface area contributed by atoms with Gasteiger partial charge in [-0.25, -0.2) is 9.18 Å². The molecule has 2 aliphatic heterocycles. The standard InChI is InChI=1S/C17H25FN4O3/c18-13-1-2-15(12(9-13)11-19)16-10-14(3-4-21(16)17(20)23)22(24)5-7-25-8-6-22/h1-2,9,14,16H,3-8,10-11,19H2,(H2,20,23). The van der Waals surface area contributed by atoms with E-state index >= 15 is 0 Å². The molecule has 0 aliphatic carbocycles. The lowest BCUT2D eigenvalue weighted by Gasteiger charge is -2.54. The molecule has 1 aromatic rings. The molecule has 2 fully saturated rings. The van der Waals surface area contributed by atoms with E-state index in [9.17, 15) is 14.4 Å². The van der Waals surface area contributed by atoms with Gasteiger partial charge in [-0.15, -0.1) is 0 Å². The number of halogens is 1. The minimum Gasteiger partial charge on any atom is -0.632 e. The summed E-state index contributed by atoms with van der Waals surface area (Å²) in [5, 5.41) is 13.2. The number of likely N-dealkylation sites (tertiary alicyclic amines) is 1. The third-order valence-electron chi connectivity index (χ3n) is 5.44. The van der Waals surface area contributed by atoms with Gasteiger partial charge in [0, 0.05) is 25.9 Å². The summed E-state index contributed by atoms with van der Waals surface area (Å²) < 4.78 is 18.6. The first-order valence-corrected chi connectivity index (χ1v) is 8.64. The van der Waals surface area contributed by atoms with Crippen LogP contribution in [0.3, 0.4) is 0 Å². The molecule has 2 heterocycles. The van der Waals surface area contributed by atoms with E-state index < -0.39 is 6.03 Å². The normalized spacial score (nSPS) is 26.4. The summed E-state index contributed by atoms with van der Waals surface area (Å²) in [6, 6.07) is 3.36. The van der Waals surface area contributed by atoms with Gasteiger partial charge in [-0.1, -0.05) is 6.07 Å². The van der Waals surface area contributed by atoms with Gasteiger partial charge in [0.2, 0.25) is 0 Å². The number of hydrogen-bond donors (Lipinski definition) is 2. The molecule has 2 atom stereocenters. The van der Waals surface area contributed by atoms with Crippen molar-refractivity contribution in [1.29, 1.82) is 0 Å². The maximum atomic E-state index is 13.6. The number of morpholine rings is 1. The fourth-order valence-corrected chi connectivity index (χ4v) is 4.03. The van der Waals surface area contributed by atoms with Gasteiger partial charge < -0.3 is 31.0 Å². The quantitative estimate of drug-likeness (QED) is 0.630. The second-order valence-electron chi connectivity index (χ2n) is 6.78. The topological polar surface area (TPSA) is 105 Å². The minimum absolute atomic E-state index is 0.139.